The van der Waals surface area contributed by atoms with Crippen LogP contribution in [0.4, 0.5) is 0 Å². The van der Waals surface area contributed by atoms with Crippen LogP contribution in [-0.2, 0) is 19.4 Å². The molecule has 0 radical (unpaired) electrons. The standard InChI is InChI=1S/C28H27NO2S2.C2H2O4/c1-21-10-12-25(13-11-21)33(30,31)27(22-6-3-2-4-7-22)15-18-29-17-14-24(20-29)26-9-5-8-23-16-19-32-28(23)26;3-1(4)2(5)6/h2-13,16,19-20,27H,14-15,17-18H2,1H3;(H,3,4)(H,5,6). The summed E-state index contributed by atoms with van der Waals surface area (Å²) in [5.74, 6) is -3.65. The van der Waals surface area contributed by atoms with Gasteiger partial charge in [0.05, 0.1) is 10.1 Å². The van der Waals surface area contributed by atoms with Gasteiger partial charge in [-0.05, 0) is 65.4 Å². The molecule has 0 saturated heterocycles. The first kappa shape index (κ1) is 28.1. The number of rotatable bonds is 7. The first-order chi connectivity index (χ1) is 18.7. The van der Waals surface area contributed by atoms with Crippen LogP contribution in [0.2, 0.25) is 0 Å². The molecule has 0 saturated carbocycles. The number of hydrogen-bond acceptors (Lipinski definition) is 6. The molecule has 9 heteroatoms. The number of aliphatic carboxylic acids is 2. The van der Waals surface area contributed by atoms with Crippen LogP contribution in [-0.4, -0.2) is 48.6 Å². The molecule has 2 heterocycles. The number of aryl methyl sites for hydroxylation is 1. The van der Waals surface area contributed by atoms with Gasteiger partial charge in [0, 0.05) is 24.0 Å². The fraction of sp³-hybridized carbons (Fsp3) is 0.200. The maximum absolute atomic E-state index is 13.6. The highest BCUT2D eigenvalue weighted by molar-refractivity contribution is 7.91. The summed E-state index contributed by atoms with van der Waals surface area (Å²) in [5, 5.41) is 17.6. The van der Waals surface area contributed by atoms with Crippen molar-refractivity contribution in [2.75, 3.05) is 13.1 Å². The van der Waals surface area contributed by atoms with Crippen LogP contribution >= 0.6 is 11.3 Å². The maximum atomic E-state index is 13.6. The van der Waals surface area contributed by atoms with Crippen LogP contribution in [0.15, 0.2) is 95.3 Å². The monoisotopic (exact) mass is 563 g/mol. The molecule has 3 aromatic carbocycles. The number of hydrogen-bond donors (Lipinski definition) is 2. The van der Waals surface area contributed by atoms with Crippen LogP contribution in [0.25, 0.3) is 15.7 Å². The molecule has 0 aliphatic carbocycles. The second kappa shape index (κ2) is 12.3. The minimum absolute atomic E-state index is 0.393. The summed E-state index contributed by atoms with van der Waals surface area (Å²) in [6.07, 6.45) is 3.76. The predicted octanol–water partition coefficient (Wildman–Crippen LogP) is 6.02. The van der Waals surface area contributed by atoms with Gasteiger partial charge >= 0.3 is 11.9 Å². The number of sulfone groups is 1. The second-order valence-electron chi connectivity index (χ2n) is 9.24. The Morgan fingerprint density at radius 1 is 0.923 bits per heavy atom. The Bertz CT molecular complexity index is 1580. The van der Waals surface area contributed by atoms with Crippen molar-refractivity contribution in [3.8, 4) is 0 Å². The lowest BCUT2D eigenvalue weighted by atomic mass is 10.0. The van der Waals surface area contributed by atoms with E-state index in [0.29, 0.717) is 17.9 Å². The van der Waals surface area contributed by atoms with E-state index < -0.39 is 27.0 Å². The van der Waals surface area contributed by atoms with Crippen molar-refractivity contribution in [2.45, 2.75) is 29.9 Å². The van der Waals surface area contributed by atoms with E-state index in [2.05, 4.69) is 40.7 Å². The van der Waals surface area contributed by atoms with Crippen molar-refractivity contribution in [2.24, 2.45) is 0 Å². The van der Waals surface area contributed by atoms with E-state index in [1.165, 1.54) is 21.2 Å². The maximum Gasteiger partial charge on any atom is 0.414 e. The summed E-state index contributed by atoms with van der Waals surface area (Å²) >= 11 is 1.78. The van der Waals surface area contributed by atoms with E-state index in [9.17, 15) is 8.42 Å². The molecule has 5 rings (SSSR count). The summed E-state index contributed by atoms with van der Waals surface area (Å²) in [7, 11) is -3.50. The average Bonchev–Trinajstić information content (AvgIpc) is 3.60. The number of fused-ring (bicyclic) bond motifs is 1. The number of benzene rings is 3. The fourth-order valence-electron chi connectivity index (χ4n) is 4.58. The Morgan fingerprint density at radius 2 is 1.62 bits per heavy atom. The molecule has 0 fully saturated rings. The van der Waals surface area contributed by atoms with Crippen LogP contribution < -0.4 is 0 Å². The molecule has 2 N–H and O–H groups in total. The van der Waals surface area contributed by atoms with E-state index >= 15 is 0 Å². The zero-order valence-electron chi connectivity index (χ0n) is 21.4. The van der Waals surface area contributed by atoms with E-state index in [1.54, 1.807) is 23.5 Å². The van der Waals surface area contributed by atoms with Crippen LogP contribution in [0.3, 0.4) is 0 Å². The smallest absolute Gasteiger partial charge is 0.414 e. The van der Waals surface area contributed by atoms with Gasteiger partial charge < -0.3 is 15.1 Å². The molecule has 1 aromatic heterocycles. The molecular formula is C30H29NO6S2. The lowest BCUT2D eigenvalue weighted by molar-refractivity contribution is -0.159. The largest absolute Gasteiger partial charge is 0.473 e. The quantitative estimate of drug-likeness (QED) is 0.265. The van der Waals surface area contributed by atoms with E-state index in [0.717, 1.165) is 24.1 Å². The van der Waals surface area contributed by atoms with Gasteiger partial charge in [-0.25, -0.2) is 18.0 Å². The van der Waals surface area contributed by atoms with Gasteiger partial charge in [-0.1, -0.05) is 66.2 Å². The number of carbonyl (C=O) groups is 2. The first-order valence-electron chi connectivity index (χ1n) is 12.4. The van der Waals surface area contributed by atoms with Gasteiger partial charge in [0.15, 0.2) is 9.84 Å². The highest BCUT2D eigenvalue weighted by Crippen LogP contribution is 2.36. The Labute approximate surface area is 231 Å². The Kier molecular flexibility index (Phi) is 8.83. The van der Waals surface area contributed by atoms with Gasteiger partial charge in [0.1, 0.15) is 0 Å². The highest BCUT2D eigenvalue weighted by atomic mass is 32.2. The zero-order valence-corrected chi connectivity index (χ0v) is 23.0. The number of carboxylic acids is 2. The fourth-order valence-corrected chi connectivity index (χ4v) is 7.31. The normalized spacial score (nSPS) is 13.9. The zero-order chi connectivity index (χ0) is 28.0. The van der Waals surface area contributed by atoms with Crippen molar-refractivity contribution >= 4 is 48.8 Å². The van der Waals surface area contributed by atoms with Gasteiger partial charge in [0.25, 0.3) is 0 Å². The molecule has 1 aliphatic rings. The summed E-state index contributed by atoms with van der Waals surface area (Å²) < 4.78 is 28.6. The van der Waals surface area contributed by atoms with Crippen molar-refractivity contribution < 1.29 is 28.2 Å². The molecule has 1 unspecified atom stereocenters. The lowest BCUT2D eigenvalue weighted by Crippen LogP contribution is -2.22. The van der Waals surface area contributed by atoms with E-state index in [-0.39, 0.29) is 0 Å². The van der Waals surface area contributed by atoms with Gasteiger partial charge in [-0.2, -0.15) is 0 Å². The van der Waals surface area contributed by atoms with Gasteiger partial charge in [-0.15, -0.1) is 11.3 Å². The van der Waals surface area contributed by atoms with Gasteiger partial charge in [0.2, 0.25) is 0 Å². The Hall–Kier alpha value is -3.95. The SMILES string of the molecule is Cc1ccc(S(=O)(=O)C(CCN2C=C(c3cccc4ccsc34)CC2)c2ccccc2)cc1.O=C(O)C(=O)O. The molecule has 202 valence electrons. The lowest BCUT2D eigenvalue weighted by Gasteiger charge is -2.22. The highest BCUT2D eigenvalue weighted by Gasteiger charge is 2.30. The van der Waals surface area contributed by atoms with Crippen molar-refractivity contribution in [3.05, 3.63) is 107 Å². The third kappa shape index (κ3) is 6.74. The minimum atomic E-state index is -3.50. The van der Waals surface area contributed by atoms with Crippen LogP contribution in [0.5, 0.6) is 0 Å². The second-order valence-corrected chi connectivity index (χ2v) is 12.3. The van der Waals surface area contributed by atoms with Crippen LogP contribution in [0, 0.1) is 6.92 Å². The van der Waals surface area contributed by atoms with Crippen LogP contribution in [0.1, 0.15) is 34.8 Å². The van der Waals surface area contributed by atoms with Crippen molar-refractivity contribution in [1.82, 2.24) is 4.90 Å². The summed E-state index contributed by atoms with van der Waals surface area (Å²) in [6, 6.07) is 25.5. The molecule has 4 aromatic rings. The number of carboxylic acid groups (broad SMARTS) is 2. The van der Waals surface area contributed by atoms with Gasteiger partial charge in [-0.3, -0.25) is 0 Å². The topological polar surface area (TPSA) is 112 Å². The third-order valence-electron chi connectivity index (χ3n) is 6.59. The molecule has 39 heavy (non-hydrogen) atoms. The molecule has 7 nitrogen and oxygen atoms in total. The number of thiophene rings is 1. The molecule has 1 aliphatic heterocycles. The molecule has 0 amide bonds. The molecular weight excluding hydrogens is 534 g/mol. The molecule has 0 bridgehead atoms. The predicted molar refractivity (Wildman–Crippen MR) is 153 cm³/mol. The summed E-state index contributed by atoms with van der Waals surface area (Å²) in [4.78, 5) is 20.9. The molecule has 0 spiro atoms. The Morgan fingerprint density at radius 3 is 2.28 bits per heavy atom. The minimum Gasteiger partial charge on any atom is -0.473 e. The third-order valence-corrected chi connectivity index (χ3v) is 9.74. The van der Waals surface area contributed by atoms with Crippen molar-refractivity contribution in [3.63, 3.8) is 0 Å². The number of nitrogens with zero attached hydrogens (tertiary/aromatic N) is 1. The van der Waals surface area contributed by atoms with E-state index in [4.69, 9.17) is 19.8 Å². The molecule has 1 atom stereocenters. The van der Waals surface area contributed by atoms with E-state index in [1.807, 2.05) is 49.4 Å². The summed E-state index contributed by atoms with van der Waals surface area (Å²) in [5.41, 5.74) is 4.54. The summed E-state index contributed by atoms with van der Waals surface area (Å²) in [6.45, 7) is 3.59. The van der Waals surface area contributed by atoms with Crippen molar-refractivity contribution in [1.29, 1.82) is 0 Å². The Balaban J connectivity index is 0.000000531. The average molecular weight is 564 g/mol. The first-order valence-corrected chi connectivity index (χ1v) is 14.8.